The maximum atomic E-state index is 12.4. The highest BCUT2D eigenvalue weighted by Crippen LogP contribution is 2.41. The molecule has 1 N–H and O–H groups in total. The number of hydrogen-bond donors (Lipinski definition) is 1. The molecular formula is C24H28N4O4S. The number of rotatable bonds is 9. The van der Waals surface area contributed by atoms with Crippen molar-refractivity contribution in [2.24, 2.45) is 0 Å². The number of para-hydroxylation sites is 1. The quantitative estimate of drug-likeness (QED) is 0.379. The zero-order chi connectivity index (χ0) is 23.4. The van der Waals surface area contributed by atoms with E-state index in [2.05, 4.69) is 35.4 Å². The molecule has 0 unspecified atom stereocenters. The first-order chi connectivity index (χ1) is 15.9. The third-order valence-corrected chi connectivity index (χ3v) is 6.12. The third-order valence-electron chi connectivity index (χ3n) is 5.19. The number of carbonyl (C=O) groups is 1. The molecule has 4 rings (SSSR count). The van der Waals surface area contributed by atoms with E-state index in [1.807, 2.05) is 47.9 Å². The Bertz CT molecular complexity index is 1130. The summed E-state index contributed by atoms with van der Waals surface area (Å²) in [5.74, 6) is 3.17. The first-order valence-corrected chi connectivity index (χ1v) is 11.7. The van der Waals surface area contributed by atoms with Gasteiger partial charge in [-0.1, -0.05) is 23.9 Å². The van der Waals surface area contributed by atoms with Gasteiger partial charge in [0, 0.05) is 17.7 Å². The lowest BCUT2D eigenvalue weighted by atomic mass is 10.0. The van der Waals surface area contributed by atoms with Crippen LogP contribution in [0, 0.1) is 6.92 Å². The van der Waals surface area contributed by atoms with Crippen LogP contribution in [0.4, 0.5) is 0 Å². The molecule has 2 heterocycles. The highest BCUT2D eigenvalue weighted by atomic mass is 32.2. The fourth-order valence-electron chi connectivity index (χ4n) is 3.70. The molecule has 174 valence electrons. The number of nitrogens with zero attached hydrogens (tertiary/aromatic N) is 3. The van der Waals surface area contributed by atoms with Crippen molar-refractivity contribution in [2.45, 2.75) is 37.9 Å². The van der Waals surface area contributed by atoms with Crippen LogP contribution >= 0.6 is 11.8 Å². The highest BCUT2D eigenvalue weighted by Gasteiger charge is 2.32. The monoisotopic (exact) mass is 468 g/mol. The predicted molar refractivity (Wildman–Crippen MR) is 127 cm³/mol. The van der Waals surface area contributed by atoms with E-state index in [4.69, 9.17) is 14.2 Å². The maximum Gasteiger partial charge on any atom is 0.230 e. The predicted octanol–water partition coefficient (Wildman–Crippen LogP) is 3.59. The molecule has 9 heteroatoms. The number of aryl methyl sites for hydroxylation is 1. The third kappa shape index (κ3) is 5.42. The van der Waals surface area contributed by atoms with Crippen molar-refractivity contribution in [3.8, 4) is 22.9 Å². The fraction of sp³-hybridized carbons (Fsp3) is 0.375. The van der Waals surface area contributed by atoms with Crippen LogP contribution in [0.3, 0.4) is 0 Å². The molecule has 33 heavy (non-hydrogen) atoms. The Balaban J connectivity index is 1.26. The summed E-state index contributed by atoms with van der Waals surface area (Å²) in [4.78, 5) is 12.4. The van der Waals surface area contributed by atoms with Gasteiger partial charge < -0.3 is 19.5 Å². The van der Waals surface area contributed by atoms with Crippen LogP contribution < -0.4 is 19.5 Å². The smallest absolute Gasteiger partial charge is 0.230 e. The van der Waals surface area contributed by atoms with E-state index in [1.54, 1.807) is 7.11 Å². The van der Waals surface area contributed by atoms with E-state index in [0.29, 0.717) is 24.1 Å². The van der Waals surface area contributed by atoms with Gasteiger partial charge >= 0.3 is 0 Å². The molecule has 8 nitrogen and oxygen atoms in total. The van der Waals surface area contributed by atoms with Gasteiger partial charge in [0.15, 0.2) is 16.7 Å². The van der Waals surface area contributed by atoms with Crippen molar-refractivity contribution in [1.82, 2.24) is 20.1 Å². The van der Waals surface area contributed by atoms with Crippen LogP contribution in [0.5, 0.6) is 17.2 Å². The van der Waals surface area contributed by atoms with Crippen molar-refractivity contribution >= 4 is 17.7 Å². The minimum atomic E-state index is -0.224. The number of thioether (sulfide) groups is 1. The Hall–Kier alpha value is -3.20. The van der Waals surface area contributed by atoms with Crippen LogP contribution in [0.2, 0.25) is 0 Å². The van der Waals surface area contributed by atoms with Gasteiger partial charge in [-0.25, -0.2) is 0 Å². The molecule has 0 bridgehead atoms. The summed E-state index contributed by atoms with van der Waals surface area (Å²) in [6.45, 7) is 6.76. The van der Waals surface area contributed by atoms with E-state index in [1.165, 1.54) is 11.8 Å². The van der Waals surface area contributed by atoms with E-state index in [-0.39, 0.29) is 17.3 Å². The number of benzene rings is 2. The maximum absolute atomic E-state index is 12.4. The molecule has 0 aliphatic carbocycles. The molecule has 2 aromatic carbocycles. The van der Waals surface area contributed by atoms with Crippen molar-refractivity contribution in [2.75, 3.05) is 26.0 Å². The van der Waals surface area contributed by atoms with Crippen LogP contribution in [-0.4, -0.2) is 52.3 Å². The Labute approximate surface area is 197 Å². The summed E-state index contributed by atoms with van der Waals surface area (Å²) in [5.41, 5.74) is 1.84. The van der Waals surface area contributed by atoms with Crippen LogP contribution in [-0.2, 0) is 11.2 Å². The van der Waals surface area contributed by atoms with Gasteiger partial charge in [-0.15, -0.1) is 10.2 Å². The molecule has 0 radical (unpaired) electrons. The normalized spacial score (nSPS) is 13.8. The van der Waals surface area contributed by atoms with Gasteiger partial charge in [-0.2, -0.15) is 0 Å². The molecule has 1 aliphatic rings. The average Bonchev–Trinajstić information content (AvgIpc) is 3.33. The number of amides is 1. The zero-order valence-electron chi connectivity index (χ0n) is 19.3. The Morgan fingerprint density at radius 2 is 2.00 bits per heavy atom. The van der Waals surface area contributed by atoms with Crippen molar-refractivity contribution in [1.29, 1.82) is 0 Å². The molecule has 0 saturated heterocycles. The lowest BCUT2D eigenvalue weighted by Gasteiger charge is -2.18. The largest absolute Gasteiger partial charge is 0.497 e. The topological polar surface area (TPSA) is 87.5 Å². The first kappa shape index (κ1) is 23.0. The summed E-state index contributed by atoms with van der Waals surface area (Å²) in [6.07, 6.45) is 0.855. The number of ether oxygens (including phenoxy) is 3. The summed E-state index contributed by atoms with van der Waals surface area (Å²) < 4.78 is 19.0. The van der Waals surface area contributed by atoms with Gasteiger partial charge in [-0.05, 0) is 51.1 Å². The molecule has 1 aromatic heterocycles. The SMILES string of the molecule is COc1ccc(-n2c(C)nnc2SCC(=O)NCCOc2cccc3c2OC(C)(C)C3)cc1. The lowest BCUT2D eigenvalue weighted by Crippen LogP contribution is -2.29. The van der Waals surface area contributed by atoms with E-state index in [9.17, 15) is 4.79 Å². The second-order valence-corrected chi connectivity index (χ2v) is 9.28. The van der Waals surface area contributed by atoms with Gasteiger partial charge in [0.2, 0.25) is 5.91 Å². The summed E-state index contributed by atoms with van der Waals surface area (Å²) >= 11 is 1.34. The minimum absolute atomic E-state index is 0.0961. The van der Waals surface area contributed by atoms with E-state index >= 15 is 0 Å². The lowest BCUT2D eigenvalue weighted by molar-refractivity contribution is -0.118. The number of carbonyl (C=O) groups excluding carboxylic acids is 1. The Morgan fingerprint density at radius 1 is 1.21 bits per heavy atom. The Kier molecular flexibility index (Phi) is 6.78. The zero-order valence-corrected chi connectivity index (χ0v) is 20.1. The van der Waals surface area contributed by atoms with Gasteiger partial charge in [-0.3, -0.25) is 9.36 Å². The van der Waals surface area contributed by atoms with Crippen LogP contribution in [0.25, 0.3) is 5.69 Å². The van der Waals surface area contributed by atoms with Gasteiger partial charge in [0.1, 0.15) is 23.8 Å². The van der Waals surface area contributed by atoms with E-state index < -0.39 is 0 Å². The summed E-state index contributed by atoms with van der Waals surface area (Å²) in [7, 11) is 1.63. The molecule has 0 spiro atoms. The molecule has 1 amide bonds. The van der Waals surface area contributed by atoms with Crippen molar-refractivity contribution in [3.63, 3.8) is 0 Å². The Morgan fingerprint density at radius 3 is 2.76 bits per heavy atom. The molecule has 0 atom stereocenters. The first-order valence-electron chi connectivity index (χ1n) is 10.8. The minimum Gasteiger partial charge on any atom is -0.497 e. The average molecular weight is 469 g/mol. The summed E-state index contributed by atoms with van der Waals surface area (Å²) in [5, 5.41) is 11.9. The molecule has 1 aliphatic heterocycles. The fourth-order valence-corrected chi connectivity index (χ4v) is 4.53. The standard InChI is InChI=1S/C24H28N4O4S/c1-16-26-27-23(28(16)18-8-10-19(30-4)11-9-18)33-15-21(29)25-12-13-31-20-7-5-6-17-14-24(2,3)32-22(17)20/h5-11H,12-15H2,1-4H3,(H,25,29). The van der Waals surface area contributed by atoms with Crippen LogP contribution in [0.1, 0.15) is 25.2 Å². The number of aromatic nitrogens is 3. The number of hydrogen-bond acceptors (Lipinski definition) is 7. The van der Waals surface area contributed by atoms with Crippen LogP contribution in [0.15, 0.2) is 47.6 Å². The molecule has 0 saturated carbocycles. The number of fused-ring (bicyclic) bond motifs is 1. The second-order valence-electron chi connectivity index (χ2n) is 8.33. The van der Waals surface area contributed by atoms with Crippen molar-refractivity contribution < 1.29 is 19.0 Å². The highest BCUT2D eigenvalue weighted by molar-refractivity contribution is 7.99. The number of methoxy groups -OCH3 is 1. The molecule has 3 aromatic rings. The van der Waals surface area contributed by atoms with Crippen molar-refractivity contribution in [3.05, 3.63) is 53.9 Å². The van der Waals surface area contributed by atoms with Gasteiger partial charge in [0.25, 0.3) is 0 Å². The number of nitrogens with one attached hydrogen (secondary N) is 1. The van der Waals surface area contributed by atoms with E-state index in [0.717, 1.165) is 35.0 Å². The molecule has 0 fully saturated rings. The second kappa shape index (κ2) is 9.74. The van der Waals surface area contributed by atoms with Gasteiger partial charge in [0.05, 0.1) is 19.4 Å². The summed E-state index contributed by atoms with van der Waals surface area (Å²) in [6, 6.07) is 13.5. The molecular weight excluding hydrogens is 440 g/mol.